The number of amides is 1. The van der Waals surface area contributed by atoms with Gasteiger partial charge in [-0.1, -0.05) is 0 Å². The molecule has 7 heteroatoms. The molecule has 0 atom stereocenters. The lowest BCUT2D eigenvalue weighted by Crippen LogP contribution is -2.45. The van der Waals surface area contributed by atoms with Crippen LogP contribution in [-0.4, -0.2) is 45.2 Å². The summed E-state index contributed by atoms with van der Waals surface area (Å²) in [7, 11) is 0. The number of rotatable bonds is 2. The fraction of sp³-hybridized carbons (Fsp3) is 0.474. The summed E-state index contributed by atoms with van der Waals surface area (Å²) in [5, 5.41) is 13.2. The molecule has 2 aromatic heterocycles. The molecule has 1 amide bonds. The van der Waals surface area contributed by atoms with Crippen molar-refractivity contribution in [3.05, 3.63) is 41.3 Å². The maximum Gasteiger partial charge on any atom is 0.226 e. The number of fused-ring (bicyclic) bond motifs is 1. The van der Waals surface area contributed by atoms with E-state index >= 15 is 0 Å². The minimum absolute atomic E-state index is 0.0828. The number of carbonyl (C=O) groups excluding carboxylic acids is 1. The number of pyridine rings is 1. The standard InChI is InChI=1S/C19H22N6O/c1-14-11-22-25-9-8-24(13-17(14)25)19(26)16-4-6-23(7-5-16)18-3-2-15(10-20)12-21-18/h2-3,11-12,16H,4-9,13H2,1H3. The predicted octanol–water partition coefficient (Wildman–Crippen LogP) is 1.72. The van der Waals surface area contributed by atoms with Crippen molar-refractivity contribution in [3.63, 3.8) is 0 Å². The van der Waals surface area contributed by atoms with E-state index < -0.39 is 0 Å². The van der Waals surface area contributed by atoms with Crippen LogP contribution in [0.1, 0.15) is 29.7 Å². The van der Waals surface area contributed by atoms with Crippen LogP contribution in [-0.2, 0) is 17.9 Å². The van der Waals surface area contributed by atoms with Gasteiger partial charge >= 0.3 is 0 Å². The smallest absolute Gasteiger partial charge is 0.226 e. The summed E-state index contributed by atoms with van der Waals surface area (Å²) in [6.07, 6.45) is 5.17. The quantitative estimate of drug-likeness (QED) is 0.824. The monoisotopic (exact) mass is 350 g/mol. The summed E-state index contributed by atoms with van der Waals surface area (Å²) in [6.45, 7) is 5.88. The number of nitriles is 1. The molecule has 4 rings (SSSR count). The molecule has 0 saturated carbocycles. The van der Waals surface area contributed by atoms with Crippen molar-refractivity contribution in [1.29, 1.82) is 5.26 Å². The van der Waals surface area contributed by atoms with Gasteiger partial charge in [0, 0.05) is 31.7 Å². The molecule has 0 unspecified atom stereocenters. The zero-order valence-electron chi connectivity index (χ0n) is 14.9. The molecule has 2 aromatic rings. The highest BCUT2D eigenvalue weighted by molar-refractivity contribution is 5.79. The number of hydrogen-bond acceptors (Lipinski definition) is 5. The van der Waals surface area contributed by atoms with Crippen LogP contribution >= 0.6 is 0 Å². The van der Waals surface area contributed by atoms with Gasteiger partial charge in [-0.05, 0) is 37.5 Å². The fourth-order valence-corrected chi connectivity index (χ4v) is 3.82. The van der Waals surface area contributed by atoms with E-state index in [0.717, 1.165) is 56.1 Å². The maximum atomic E-state index is 12.9. The Labute approximate surface area is 152 Å². The van der Waals surface area contributed by atoms with Gasteiger partial charge in [0.25, 0.3) is 0 Å². The molecule has 7 nitrogen and oxygen atoms in total. The highest BCUT2D eigenvalue weighted by Gasteiger charge is 2.31. The minimum Gasteiger partial charge on any atom is -0.357 e. The van der Waals surface area contributed by atoms with Crippen molar-refractivity contribution in [2.45, 2.75) is 32.9 Å². The van der Waals surface area contributed by atoms with Crippen LogP contribution in [0.5, 0.6) is 0 Å². The van der Waals surface area contributed by atoms with Crippen molar-refractivity contribution < 1.29 is 4.79 Å². The first kappa shape index (κ1) is 16.6. The number of anilines is 1. The van der Waals surface area contributed by atoms with Crippen LogP contribution in [0, 0.1) is 24.2 Å². The molecule has 2 aliphatic rings. The van der Waals surface area contributed by atoms with Gasteiger partial charge in [0.2, 0.25) is 5.91 Å². The largest absolute Gasteiger partial charge is 0.357 e. The number of aromatic nitrogens is 3. The lowest BCUT2D eigenvalue weighted by Gasteiger charge is -2.36. The summed E-state index contributed by atoms with van der Waals surface area (Å²) < 4.78 is 2.01. The second-order valence-corrected chi connectivity index (χ2v) is 7.04. The Balaban J connectivity index is 1.36. The van der Waals surface area contributed by atoms with Crippen molar-refractivity contribution >= 4 is 11.7 Å². The Hall–Kier alpha value is -2.88. The number of carbonyl (C=O) groups is 1. The molecule has 134 valence electrons. The first-order valence-corrected chi connectivity index (χ1v) is 9.07. The minimum atomic E-state index is 0.0828. The summed E-state index contributed by atoms with van der Waals surface area (Å²) in [4.78, 5) is 21.5. The summed E-state index contributed by atoms with van der Waals surface area (Å²) in [5.41, 5.74) is 2.88. The molecular formula is C19H22N6O. The first-order valence-electron chi connectivity index (χ1n) is 9.07. The van der Waals surface area contributed by atoms with Gasteiger partial charge in [0.15, 0.2) is 0 Å². The Morgan fingerprint density at radius 2 is 2.00 bits per heavy atom. The fourth-order valence-electron chi connectivity index (χ4n) is 3.82. The van der Waals surface area contributed by atoms with Crippen LogP contribution in [0.3, 0.4) is 0 Å². The van der Waals surface area contributed by atoms with Gasteiger partial charge in [-0.25, -0.2) is 4.98 Å². The normalized spacial score (nSPS) is 17.7. The van der Waals surface area contributed by atoms with Crippen LogP contribution in [0.15, 0.2) is 24.5 Å². The van der Waals surface area contributed by atoms with Crippen molar-refractivity contribution in [2.24, 2.45) is 5.92 Å². The Bertz CT molecular complexity index is 842. The van der Waals surface area contributed by atoms with Crippen LogP contribution in [0.25, 0.3) is 0 Å². The van der Waals surface area contributed by atoms with E-state index in [2.05, 4.69) is 28.0 Å². The third-order valence-electron chi connectivity index (χ3n) is 5.44. The van der Waals surface area contributed by atoms with Crippen LogP contribution < -0.4 is 4.90 Å². The average molecular weight is 350 g/mol. The zero-order valence-corrected chi connectivity index (χ0v) is 14.9. The van der Waals surface area contributed by atoms with E-state index in [1.54, 1.807) is 12.3 Å². The topological polar surface area (TPSA) is 78.0 Å². The average Bonchev–Trinajstić information content (AvgIpc) is 3.08. The highest BCUT2D eigenvalue weighted by atomic mass is 16.2. The molecule has 1 saturated heterocycles. The van der Waals surface area contributed by atoms with Crippen molar-refractivity contribution in [2.75, 3.05) is 24.5 Å². The molecule has 0 bridgehead atoms. The molecule has 0 aromatic carbocycles. The molecule has 4 heterocycles. The van der Waals surface area contributed by atoms with Crippen molar-refractivity contribution in [3.8, 4) is 6.07 Å². The Morgan fingerprint density at radius 1 is 1.19 bits per heavy atom. The first-order chi connectivity index (χ1) is 12.7. The zero-order chi connectivity index (χ0) is 18.1. The van der Waals surface area contributed by atoms with E-state index in [1.807, 2.05) is 21.8 Å². The molecule has 1 fully saturated rings. The molecule has 0 spiro atoms. The molecule has 0 radical (unpaired) electrons. The molecule has 0 N–H and O–H groups in total. The summed E-state index contributed by atoms with van der Waals surface area (Å²) in [6, 6.07) is 5.76. The van der Waals surface area contributed by atoms with E-state index in [0.29, 0.717) is 12.1 Å². The van der Waals surface area contributed by atoms with E-state index in [-0.39, 0.29) is 11.8 Å². The lowest BCUT2D eigenvalue weighted by atomic mass is 9.94. The Kier molecular flexibility index (Phi) is 4.33. The second-order valence-electron chi connectivity index (χ2n) is 7.04. The molecule has 26 heavy (non-hydrogen) atoms. The van der Waals surface area contributed by atoms with E-state index in [4.69, 9.17) is 5.26 Å². The van der Waals surface area contributed by atoms with Gasteiger partial charge in [-0.3, -0.25) is 9.48 Å². The lowest BCUT2D eigenvalue weighted by molar-refractivity contribution is -0.137. The summed E-state index contributed by atoms with van der Waals surface area (Å²) in [5.74, 6) is 1.23. The molecular weight excluding hydrogens is 328 g/mol. The van der Waals surface area contributed by atoms with Gasteiger partial charge in [-0.15, -0.1) is 0 Å². The number of hydrogen-bond donors (Lipinski definition) is 0. The van der Waals surface area contributed by atoms with Crippen LogP contribution in [0.4, 0.5) is 5.82 Å². The second kappa shape index (κ2) is 6.79. The Morgan fingerprint density at radius 3 is 2.69 bits per heavy atom. The third kappa shape index (κ3) is 3.03. The summed E-state index contributed by atoms with van der Waals surface area (Å²) >= 11 is 0. The van der Waals surface area contributed by atoms with Gasteiger partial charge in [0.05, 0.1) is 30.5 Å². The SMILES string of the molecule is Cc1cnn2c1CN(C(=O)C1CCN(c3ccc(C#N)cn3)CC1)CC2. The van der Waals surface area contributed by atoms with Crippen LogP contribution in [0.2, 0.25) is 0 Å². The highest BCUT2D eigenvalue weighted by Crippen LogP contribution is 2.25. The van der Waals surface area contributed by atoms with Gasteiger partial charge in [-0.2, -0.15) is 10.4 Å². The third-order valence-corrected chi connectivity index (χ3v) is 5.44. The molecule has 0 aliphatic carbocycles. The maximum absolute atomic E-state index is 12.9. The predicted molar refractivity (Wildman–Crippen MR) is 96.3 cm³/mol. The van der Waals surface area contributed by atoms with E-state index in [9.17, 15) is 4.79 Å². The number of aryl methyl sites for hydroxylation is 1. The number of piperidine rings is 1. The van der Waals surface area contributed by atoms with Gasteiger partial charge in [0.1, 0.15) is 11.9 Å². The molecule has 2 aliphatic heterocycles. The van der Waals surface area contributed by atoms with E-state index in [1.165, 1.54) is 0 Å². The number of nitrogens with zero attached hydrogens (tertiary/aromatic N) is 6. The van der Waals surface area contributed by atoms with Gasteiger partial charge < -0.3 is 9.80 Å². The van der Waals surface area contributed by atoms with Crippen molar-refractivity contribution in [1.82, 2.24) is 19.7 Å².